The number of thioether (sulfide) groups is 1. The van der Waals surface area contributed by atoms with Crippen molar-refractivity contribution in [1.29, 1.82) is 0 Å². The largest absolute Gasteiger partial charge is 0.326 e. The Morgan fingerprint density at radius 2 is 1.78 bits per heavy atom. The highest BCUT2D eigenvalue weighted by atomic mass is 32.2. The monoisotopic (exact) mass is 383 g/mol. The average molecular weight is 383 g/mol. The number of carbonyl (C=O) groups excluding carboxylic acids is 3. The third-order valence-corrected chi connectivity index (χ3v) is 5.04. The van der Waals surface area contributed by atoms with E-state index in [1.807, 2.05) is 30.5 Å². The van der Waals surface area contributed by atoms with E-state index in [2.05, 4.69) is 10.6 Å². The van der Waals surface area contributed by atoms with Gasteiger partial charge in [-0.15, -0.1) is 11.8 Å². The molecule has 1 aliphatic rings. The van der Waals surface area contributed by atoms with Crippen LogP contribution in [0.1, 0.15) is 13.3 Å². The first-order chi connectivity index (χ1) is 13.0. The van der Waals surface area contributed by atoms with Crippen LogP contribution >= 0.6 is 11.8 Å². The molecule has 0 aromatic heterocycles. The Hall–Kier alpha value is -2.80. The Labute approximate surface area is 162 Å². The van der Waals surface area contributed by atoms with E-state index >= 15 is 0 Å². The van der Waals surface area contributed by atoms with Gasteiger partial charge in [-0.05, 0) is 42.7 Å². The van der Waals surface area contributed by atoms with Crippen LogP contribution in [0.15, 0.2) is 53.4 Å². The molecule has 27 heavy (non-hydrogen) atoms. The van der Waals surface area contributed by atoms with Gasteiger partial charge in [-0.25, -0.2) is 0 Å². The molecule has 2 N–H and O–H groups in total. The maximum atomic E-state index is 12.6. The van der Waals surface area contributed by atoms with Gasteiger partial charge in [-0.3, -0.25) is 14.4 Å². The van der Waals surface area contributed by atoms with Crippen molar-refractivity contribution >= 4 is 46.5 Å². The quantitative estimate of drug-likeness (QED) is 0.776. The Morgan fingerprint density at radius 1 is 1.07 bits per heavy atom. The van der Waals surface area contributed by atoms with Crippen LogP contribution in [0.25, 0.3) is 0 Å². The first-order valence-corrected chi connectivity index (χ1v) is 9.81. The number of hydrogen-bond donors (Lipinski definition) is 2. The lowest BCUT2D eigenvalue weighted by molar-refractivity contribution is -0.122. The molecule has 6 nitrogen and oxygen atoms in total. The fourth-order valence-corrected chi connectivity index (χ4v) is 3.49. The Bertz CT molecular complexity index is 884. The third kappa shape index (κ3) is 4.68. The minimum absolute atomic E-state index is 0.104. The predicted octanol–water partition coefficient (Wildman–Crippen LogP) is 3.36. The maximum absolute atomic E-state index is 12.6. The molecule has 7 heteroatoms. The second-order valence-electron chi connectivity index (χ2n) is 6.36. The summed E-state index contributed by atoms with van der Waals surface area (Å²) in [5.74, 6) is -0.861. The maximum Gasteiger partial charge on any atom is 0.229 e. The normalized spacial score (nSPS) is 16.3. The zero-order valence-electron chi connectivity index (χ0n) is 15.2. The van der Waals surface area contributed by atoms with Gasteiger partial charge in [0.25, 0.3) is 0 Å². The molecular weight excluding hydrogens is 362 g/mol. The van der Waals surface area contributed by atoms with Gasteiger partial charge in [0.15, 0.2) is 0 Å². The van der Waals surface area contributed by atoms with Crippen molar-refractivity contribution in [3.63, 3.8) is 0 Å². The van der Waals surface area contributed by atoms with Crippen molar-refractivity contribution in [2.45, 2.75) is 18.2 Å². The Morgan fingerprint density at radius 3 is 2.48 bits per heavy atom. The number of anilines is 3. The molecule has 2 aromatic carbocycles. The smallest absolute Gasteiger partial charge is 0.229 e. The summed E-state index contributed by atoms with van der Waals surface area (Å²) in [5.41, 5.74) is 2.02. The van der Waals surface area contributed by atoms with Crippen LogP contribution < -0.4 is 15.5 Å². The van der Waals surface area contributed by atoms with Crippen molar-refractivity contribution in [3.05, 3.63) is 48.5 Å². The molecule has 0 aliphatic carbocycles. The number of amides is 3. The van der Waals surface area contributed by atoms with E-state index in [-0.39, 0.29) is 24.1 Å². The molecule has 1 fully saturated rings. The number of benzene rings is 2. The van der Waals surface area contributed by atoms with E-state index in [0.29, 0.717) is 17.9 Å². The zero-order chi connectivity index (χ0) is 19.4. The van der Waals surface area contributed by atoms with Crippen LogP contribution in [0.2, 0.25) is 0 Å². The Kier molecular flexibility index (Phi) is 5.81. The van der Waals surface area contributed by atoms with E-state index < -0.39 is 5.92 Å². The summed E-state index contributed by atoms with van der Waals surface area (Å²) >= 11 is 1.60. The topological polar surface area (TPSA) is 78.5 Å². The second-order valence-corrected chi connectivity index (χ2v) is 7.24. The molecule has 1 atom stereocenters. The van der Waals surface area contributed by atoms with Gasteiger partial charge >= 0.3 is 0 Å². The highest BCUT2D eigenvalue weighted by molar-refractivity contribution is 7.98. The minimum Gasteiger partial charge on any atom is -0.326 e. The molecule has 0 radical (unpaired) electrons. The summed E-state index contributed by atoms with van der Waals surface area (Å²) in [6, 6.07) is 14.7. The molecule has 0 saturated carbocycles. The molecule has 2 aromatic rings. The van der Waals surface area contributed by atoms with Gasteiger partial charge in [0.05, 0.1) is 5.92 Å². The molecule has 0 bridgehead atoms. The zero-order valence-corrected chi connectivity index (χ0v) is 16.0. The van der Waals surface area contributed by atoms with Crippen LogP contribution in [0.4, 0.5) is 17.1 Å². The fraction of sp³-hybridized carbons (Fsp3) is 0.250. The van der Waals surface area contributed by atoms with Crippen LogP contribution in [0.5, 0.6) is 0 Å². The highest BCUT2D eigenvalue weighted by Gasteiger charge is 2.35. The van der Waals surface area contributed by atoms with Crippen LogP contribution in [0.3, 0.4) is 0 Å². The number of nitrogens with zero attached hydrogens (tertiary/aromatic N) is 1. The number of hydrogen-bond acceptors (Lipinski definition) is 4. The molecule has 3 rings (SSSR count). The molecular formula is C20H21N3O3S. The van der Waals surface area contributed by atoms with Crippen LogP contribution in [-0.4, -0.2) is 30.5 Å². The van der Waals surface area contributed by atoms with Crippen molar-refractivity contribution < 1.29 is 14.4 Å². The first-order valence-electron chi connectivity index (χ1n) is 8.59. The van der Waals surface area contributed by atoms with Crippen molar-refractivity contribution in [2.24, 2.45) is 5.92 Å². The van der Waals surface area contributed by atoms with E-state index in [1.54, 1.807) is 40.9 Å². The highest BCUT2D eigenvalue weighted by Crippen LogP contribution is 2.28. The van der Waals surface area contributed by atoms with Crippen LogP contribution in [-0.2, 0) is 14.4 Å². The van der Waals surface area contributed by atoms with E-state index in [1.165, 1.54) is 6.92 Å². The average Bonchev–Trinajstić information content (AvgIpc) is 3.03. The number of rotatable bonds is 5. The Balaban J connectivity index is 1.69. The summed E-state index contributed by atoms with van der Waals surface area (Å²) in [4.78, 5) is 38.9. The molecule has 1 aliphatic heterocycles. The standard InChI is InChI=1S/C20H21N3O3S/c1-13(24)21-15-5-3-7-17(10-15)23-12-14(9-19(23)25)20(26)22-16-6-4-8-18(11-16)27-2/h3-8,10-11,14H,9,12H2,1-2H3,(H,21,24)(H,22,26)/t14-/m0/s1. The minimum atomic E-state index is -0.417. The predicted molar refractivity (Wildman–Crippen MR) is 108 cm³/mol. The van der Waals surface area contributed by atoms with Gasteiger partial charge in [-0.2, -0.15) is 0 Å². The number of nitrogens with one attached hydrogen (secondary N) is 2. The van der Waals surface area contributed by atoms with Gasteiger partial charge in [0.2, 0.25) is 17.7 Å². The summed E-state index contributed by atoms with van der Waals surface area (Å²) in [7, 11) is 0. The van der Waals surface area contributed by atoms with E-state index in [9.17, 15) is 14.4 Å². The molecule has 1 saturated heterocycles. The fourth-order valence-electron chi connectivity index (χ4n) is 3.03. The van der Waals surface area contributed by atoms with Gasteiger partial charge in [0, 0.05) is 41.8 Å². The molecule has 0 spiro atoms. The third-order valence-electron chi connectivity index (χ3n) is 4.31. The van der Waals surface area contributed by atoms with Crippen molar-refractivity contribution in [3.8, 4) is 0 Å². The number of carbonyl (C=O) groups is 3. The molecule has 140 valence electrons. The molecule has 3 amide bonds. The molecule has 0 unspecified atom stereocenters. The lowest BCUT2D eigenvalue weighted by Crippen LogP contribution is -2.28. The van der Waals surface area contributed by atoms with Crippen LogP contribution in [0, 0.1) is 5.92 Å². The van der Waals surface area contributed by atoms with Gasteiger partial charge in [0.1, 0.15) is 0 Å². The van der Waals surface area contributed by atoms with Crippen molar-refractivity contribution in [2.75, 3.05) is 28.3 Å². The first kappa shape index (κ1) is 19.0. The van der Waals surface area contributed by atoms with Gasteiger partial charge < -0.3 is 15.5 Å². The van der Waals surface area contributed by atoms with Crippen molar-refractivity contribution in [1.82, 2.24) is 0 Å². The van der Waals surface area contributed by atoms with Gasteiger partial charge in [-0.1, -0.05) is 12.1 Å². The van der Waals surface area contributed by atoms with E-state index in [0.717, 1.165) is 10.6 Å². The lowest BCUT2D eigenvalue weighted by Gasteiger charge is -2.18. The second kappa shape index (κ2) is 8.26. The van der Waals surface area contributed by atoms with E-state index in [4.69, 9.17) is 0 Å². The summed E-state index contributed by atoms with van der Waals surface area (Å²) in [5, 5.41) is 5.60. The summed E-state index contributed by atoms with van der Waals surface area (Å²) in [6.07, 6.45) is 2.14. The summed E-state index contributed by atoms with van der Waals surface area (Å²) < 4.78 is 0. The lowest BCUT2D eigenvalue weighted by atomic mass is 10.1. The SMILES string of the molecule is CSc1cccc(NC(=O)[C@H]2CC(=O)N(c3cccc(NC(C)=O)c3)C2)c1. The summed E-state index contributed by atoms with van der Waals surface area (Å²) in [6.45, 7) is 1.75. The molecule has 1 heterocycles.